The minimum atomic E-state index is -0.593. The van der Waals surface area contributed by atoms with Gasteiger partial charge in [0.1, 0.15) is 11.8 Å². The first-order chi connectivity index (χ1) is 13.0. The summed E-state index contributed by atoms with van der Waals surface area (Å²) in [5.41, 5.74) is 2.37. The Kier molecular flexibility index (Phi) is 4.20. The number of cyclic esters (lactones) is 1. The van der Waals surface area contributed by atoms with Gasteiger partial charge in [-0.15, -0.1) is 0 Å². The smallest absolute Gasteiger partial charge is 0.363 e. The van der Waals surface area contributed by atoms with Crippen LogP contribution in [0.5, 0.6) is 0 Å². The van der Waals surface area contributed by atoms with Gasteiger partial charge in [0.15, 0.2) is 11.1 Å². The normalized spacial score (nSPS) is 15.4. The van der Waals surface area contributed by atoms with E-state index < -0.39 is 5.97 Å². The van der Waals surface area contributed by atoms with Crippen molar-refractivity contribution in [2.45, 2.75) is 19.8 Å². The fraction of sp³-hybridized carbons (Fsp3) is 0.136. The van der Waals surface area contributed by atoms with Crippen LogP contribution in [0.2, 0.25) is 0 Å². The van der Waals surface area contributed by atoms with E-state index in [4.69, 9.17) is 9.15 Å². The average Bonchev–Trinajstić information content (AvgIpc) is 3.05. The molecule has 0 fully saturated rings. The summed E-state index contributed by atoms with van der Waals surface area (Å²) in [7, 11) is 0. The van der Waals surface area contributed by atoms with E-state index in [2.05, 4.69) is 18.8 Å². The van der Waals surface area contributed by atoms with E-state index >= 15 is 0 Å². The second-order valence-corrected chi connectivity index (χ2v) is 6.63. The molecule has 4 rings (SSSR count). The van der Waals surface area contributed by atoms with Gasteiger partial charge in [-0.1, -0.05) is 38.1 Å². The molecular weight excluding hydrogens is 342 g/mol. The van der Waals surface area contributed by atoms with Gasteiger partial charge in [0.2, 0.25) is 5.90 Å². The molecule has 27 heavy (non-hydrogen) atoms. The summed E-state index contributed by atoms with van der Waals surface area (Å²) in [5, 5.41) is 0.481. The second-order valence-electron chi connectivity index (χ2n) is 6.63. The Morgan fingerprint density at radius 1 is 1.04 bits per heavy atom. The van der Waals surface area contributed by atoms with Crippen LogP contribution in [0.4, 0.5) is 0 Å². The number of nitrogens with zero attached hydrogens (tertiary/aromatic N) is 1. The summed E-state index contributed by atoms with van der Waals surface area (Å²) < 4.78 is 10.8. The molecule has 0 radical (unpaired) electrons. The van der Waals surface area contributed by atoms with Crippen LogP contribution in [0.25, 0.3) is 17.0 Å². The highest BCUT2D eigenvalue weighted by molar-refractivity contribution is 6.12. The molecule has 0 amide bonds. The zero-order valence-electron chi connectivity index (χ0n) is 14.9. The van der Waals surface area contributed by atoms with Gasteiger partial charge in [-0.05, 0) is 41.8 Å². The van der Waals surface area contributed by atoms with Crippen LogP contribution in [-0.2, 0) is 9.53 Å². The molecular formula is C22H17NO4. The monoisotopic (exact) mass is 359 g/mol. The minimum Gasteiger partial charge on any atom is -0.463 e. The highest BCUT2D eigenvalue weighted by atomic mass is 16.6. The number of carbonyl (C=O) groups excluding carboxylic acids is 1. The van der Waals surface area contributed by atoms with Gasteiger partial charge in [-0.25, -0.2) is 9.79 Å². The van der Waals surface area contributed by atoms with Crippen LogP contribution in [0.1, 0.15) is 36.5 Å². The van der Waals surface area contributed by atoms with E-state index in [9.17, 15) is 9.59 Å². The molecule has 0 unspecified atom stereocenters. The van der Waals surface area contributed by atoms with Gasteiger partial charge in [-0.3, -0.25) is 4.79 Å². The number of carbonyl (C=O) groups is 1. The third-order valence-electron chi connectivity index (χ3n) is 4.42. The van der Waals surface area contributed by atoms with Gasteiger partial charge in [-0.2, -0.15) is 0 Å². The van der Waals surface area contributed by atoms with Gasteiger partial charge >= 0.3 is 5.97 Å². The summed E-state index contributed by atoms with van der Waals surface area (Å²) in [4.78, 5) is 29.2. The Bertz CT molecular complexity index is 1150. The molecule has 2 heterocycles. The zero-order valence-corrected chi connectivity index (χ0v) is 14.9. The molecule has 0 spiro atoms. The quantitative estimate of drug-likeness (QED) is 0.517. The molecule has 0 atom stereocenters. The molecule has 134 valence electrons. The molecule has 1 aliphatic heterocycles. The van der Waals surface area contributed by atoms with Crippen molar-refractivity contribution in [2.75, 3.05) is 0 Å². The standard InChI is InChI=1S/C22H17NO4/c1-13(2)15-8-9-19-17(10-15)20(24)16(12-26-19)11-18-22(25)27-21(23-18)14-6-4-3-5-7-14/h3-13H,1-2H3/b18-11-. The minimum absolute atomic E-state index is 0.0699. The lowest BCUT2D eigenvalue weighted by molar-refractivity contribution is -0.129. The highest BCUT2D eigenvalue weighted by Crippen LogP contribution is 2.22. The van der Waals surface area contributed by atoms with Crippen molar-refractivity contribution in [1.82, 2.24) is 0 Å². The van der Waals surface area contributed by atoms with Crippen molar-refractivity contribution in [3.8, 4) is 0 Å². The van der Waals surface area contributed by atoms with Crippen LogP contribution >= 0.6 is 0 Å². The lowest BCUT2D eigenvalue weighted by Crippen LogP contribution is -2.07. The molecule has 5 heteroatoms. The third kappa shape index (κ3) is 3.19. The molecule has 0 aliphatic carbocycles. The van der Waals surface area contributed by atoms with E-state index in [1.807, 2.05) is 30.3 Å². The number of fused-ring (bicyclic) bond motifs is 1. The van der Waals surface area contributed by atoms with E-state index in [0.717, 1.165) is 5.56 Å². The Labute approximate surface area is 155 Å². The van der Waals surface area contributed by atoms with Crippen molar-refractivity contribution in [3.63, 3.8) is 0 Å². The maximum atomic E-state index is 12.8. The lowest BCUT2D eigenvalue weighted by Gasteiger charge is -2.06. The van der Waals surface area contributed by atoms with Gasteiger partial charge in [0, 0.05) is 5.56 Å². The summed E-state index contributed by atoms with van der Waals surface area (Å²) >= 11 is 0. The Balaban J connectivity index is 1.78. The summed E-state index contributed by atoms with van der Waals surface area (Å²) in [5.74, 6) is -0.0814. The van der Waals surface area contributed by atoms with Crippen LogP contribution in [0.3, 0.4) is 0 Å². The summed E-state index contributed by atoms with van der Waals surface area (Å²) in [6.07, 6.45) is 2.75. The average molecular weight is 359 g/mol. The zero-order chi connectivity index (χ0) is 19.0. The number of ether oxygens (including phenoxy) is 1. The van der Waals surface area contributed by atoms with Crippen LogP contribution in [0.15, 0.2) is 74.7 Å². The molecule has 5 nitrogen and oxygen atoms in total. The topological polar surface area (TPSA) is 68.9 Å². The molecule has 0 N–H and O–H groups in total. The van der Waals surface area contributed by atoms with Gasteiger partial charge in [0.05, 0.1) is 10.9 Å². The maximum Gasteiger partial charge on any atom is 0.363 e. The van der Waals surface area contributed by atoms with Crippen LogP contribution in [0, 0.1) is 0 Å². The van der Waals surface area contributed by atoms with Crippen molar-refractivity contribution in [3.05, 3.63) is 87.4 Å². The predicted octanol–water partition coefficient (Wildman–Crippen LogP) is 4.26. The second kappa shape index (κ2) is 6.68. The molecule has 0 saturated heterocycles. The fourth-order valence-corrected chi connectivity index (χ4v) is 2.88. The number of aliphatic imine (C=N–C) groups is 1. The lowest BCUT2D eigenvalue weighted by atomic mass is 10.0. The fourth-order valence-electron chi connectivity index (χ4n) is 2.88. The molecule has 1 aromatic heterocycles. The summed E-state index contributed by atoms with van der Waals surface area (Å²) in [6.45, 7) is 4.12. The van der Waals surface area contributed by atoms with E-state index in [1.165, 1.54) is 12.3 Å². The molecule has 1 aliphatic rings. The van der Waals surface area contributed by atoms with Gasteiger partial charge in [0.25, 0.3) is 0 Å². The molecule has 0 bridgehead atoms. The van der Waals surface area contributed by atoms with E-state index in [0.29, 0.717) is 22.5 Å². The largest absolute Gasteiger partial charge is 0.463 e. The number of hydrogen-bond donors (Lipinski definition) is 0. The predicted molar refractivity (Wildman–Crippen MR) is 104 cm³/mol. The van der Waals surface area contributed by atoms with Crippen molar-refractivity contribution < 1.29 is 13.9 Å². The Morgan fingerprint density at radius 2 is 1.81 bits per heavy atom. The highest BCUT2D eigenvalue weighted by Gasteiger charge is 2.24. The first-order valence-electron chi connectivity index (χ1n) is 8.66. The molecule has 2 aromatic carbocycles. The number of rotatable bonds is 3. The van der Waals surface area contributed by atoms with Crippen LogP contribution in [-0.4, -0.2) is 11.9 Å². The maximum absolute atomic E-state index is 12.8. The van der Waals surface area contributed by atoms with Gasteiger partial charge < -0.3 is 9.15 Å². The van der Waals surface area contributed by atoms with Crippen LogP contribution < -0.4 is 5.43 Å². The number of esters is 1. The Hall–Kier alpha value is -3.47. The van der Waals surface area contributed by atoms with E-state index in [-0.39, 0.29) is 22.6 Å². The van der Waals surface area contributed by atoms with Crippen molar-refractivity contribution in [1.29, 1.82) is 0 Å². The third-order valence-corrected chi connectivity index (χ3v) is 4.42. The first-order valence-corrected chi connectivity index (χ1v) is 8.66. The van der Waals surface area contributed by atoms with Crippen molar-refractivity contribution >= 4 is 28.9 Å². The van der Waals surface area contributed by atoms with E-state index in [1.54, 1.807) is 18.2 Å². The molecule has 3 aromatic rings. The SMILES string of the molecule is CC(C)c1ccc2occ(/C=C3\N=C(c4ccccc4)OC3=O)c(=O)c2c1. The molecule has 0 saturated carbocycles. The number of benzene rings is 2. The number of hydrogen-bond acceptors (Lipinski definition) is 5. The summed E-state index contributed by atoms with van der Waals surface area (Å²) in [6, 6.07) is 14.7. The first kappa shape index (κ1) is 17.0. The van der Waals surface area contributed by atoms with Crippen molar-refractivity contribution in [2.24, 2.45) is 4.99 Å². The Morgan fingerprint density at radius 3 is 2.56 bits per heavy atom.